The largest absolute Gasteiger partial charge is 0.380 e. The van der Waals surface area contributed by atoms with Gasteiger partial charge in [0.05, 0.1) is 0 Å². The molecule has 0 atom stereocenters. The van der Waals surface area contributed by atoms with E-state index >= 15 is 0 Å². The lowest BCUT2D eigenvalue weighted by molar-refractivity contribution is 0.0808. The molecule has 0 unspecified atom stereocenters. The van der Waals surface area contributed by atoms with E-state index in [0.717, 1.165) is 94.8 Å². The Balaban J connectivity index is 0.000000402. The zero-order valence-electron chi connectivity index (χ0n) is 19.2. The lowest BCUT2D eigenvalue weighted by atomic mass is 9.88. The Hall–Kier alpha value is 1.24. The molecule has 0 aromatic rings. The molecule has 0 saturated heterocycles. The van der Waals surface area contributed by atoms with Gasteiger partial charge in [-0.05, 0) is 94.8 Å². The second-order valence-corrected chi connectivity index (χ2v) is 12.8. The van der Waals surface area contributed by atoms with Crippen LogP contribution < -0.4 is 0 Å². The summed E-state index contributed by atoms with van der Waals surface area (Å²) < 4.78 is 0. The first kappa shape index (κ1) is 32.2. The molecule has 3 fully saturated rings. The van der Waals surface area contributed by atoms with Crippen LogP contribution in [0, 0.1) is 17.8 Å². The van der Waals surface area contributed by atoms with Crippen molar-refractivity contribution in [2.45, 2.75) is 113 Å². The Labute approximate surface area is 206 Å². The van der Waals surface area contributed by atoms with Crippen molar-refractivity contribution in [3.63, 3.8) is 0 Å². The second-order valence-electron chi connectivity index (χ2n) is 9.76. The molecule has 31 heavy (non-hydrogen) atoms. The van der Waals surface area contributed by atoms with Gasteiger partial charge < -0.3 is 30.0 Å². The number of hydrogen-bond donors (Lipinski definition) is 9. The smallest absolute Gasteiger partial charge is 0.324 e. The van der Waals surface area contributed by atoms with Crippen LogP contribution in [0.15, 0.2) is 0 Å². The predicted octanol–water partition coefficient (Wildman–Crippen LogP) is 4.63. The summed E-state index contributed by atoms with van der Waals surface area (Å²) in [5.41, 5.74) is 0. The van der Waals surface area contributed by atoms with Gasteiger partial charge in [0.1, 0.15) is 14.8 Å². The van der Waals surface area contributed by atoms with Crippen molar-refractivity contribution in [1.82, 2.24) is 0 Å². The highest BCUT2D eigenvalue weighted by atomic mass is 32.1. The highest BCUT2D eigenvalue weighted by molar-refractivity contribution is 7.81. The van der Waals surface area contributed by atoms with Crippen molar-refractivity contribution in [2.24, 2.45) is 17.8 Å². The van der Waals surface area contributed by atoms with E-state index < -0.39 is 23.4 Å². The van der Waals surface area contributed by atoms with E-state index in [9.17, 15) is 15.3 Å². The van der Waals surface area contributed by atoms with Gasteiger partial charge in [-0.3, -0.25) is 0 Å². The van der Waals surface area contributed by atoms with E-state index in [1.165, 1.54) is 0 Å². The predicted molar refractivity (Wildman–Crippen MR) is 138 cm³/mol. The third-order valence-corrected chi connectivity index (χ3v) is 7.57. The van der Waals surface area contributed by atoms with Crippen LogP contribution in [0.1, 0.15) is 97.8 Å². The summed E-state index contributed by atoms with van der Waals surface area (Å²) in [4.78, 5) is 19.8. The topological polar surface area (TPSA) is 121 Å². The van der Waals surface area contributed by atoms with Gasteiger partial charge in [-0.1, -0.05) is 20.8 Å². The lowest BCUT2D eigenvalue weighted by Gasteiger charge is -2.30. The molecule has 6 nitrogen and oxygen atoms in total. The molecular weight excluding hydrogens is 475 g/mol. The first-order valence-corrected chi connectivity index (χ1v) is 13.8. The van der Waals surface area contributed by atoms with Crippen LogP contribution in [0.4, 0.5) is 0 Å². The maximum Gasteiger partial charge on any atom is 0.324 e. The van der Waals surface area contributed by atoms with Gasteiger partial charge in [-0.2, -0.15) is 0 Å². The van der Waals surface area contributed by atoms with Gasteiger partial charge in [0.15, 0.2) is 0 Å². The van der Waals surface area contributed by atoms with Crippen LogP contribution in [0.25, 0.3) is 0 Å². The van der Waals surface area contributed by atoms with E-state index in [4.69, 9.17) is 14.7 Å². The summed E-state index contributed by atoms with van der Waals surface area (Å²) >= 11 is 12.3. The fourth-order valence-corrected chi connectivity index (χ4v) is 4.45. The summed E-state index contributed by atoms with van der Waals surface area (Å²) in [5.74, 6) is 2.37. The minimum Gasteiger partial charge on any atom is -0.380 e. The summed E-state index contributed by atoms with van der Waals surface area (Å²) in [5, 5.41) is 28.1. The Morgan fingerprint density at radius 2 is 0.645 bits per heavy atom. The minimum absolute atomic E-state index is 0.646. The van der Waals surface area contributed by atoms with Crippen molar-refractivity contribution < 1.29 is 30.0 Å². The highest BCUT2D eigenvalue weighted by Gasteiger charge is 2.28. The Kier molecular flexibility index (Phi) is 15.9. The molecule has 0 aromatic heterocycles. The molecular formula is C21H45O6PS3. The summed E-state index contributed by atoms with van der Waals surface area (Å²) in [7, 11) is -2.62. The average molecular weight is 521 g/mol. The number of aliphatic hydroxyl groups is 3. The highest BCUT2D eigenvalue weighted by Crippen LogP contribution is 2.35. The zero-order valence-corrected chi connectivity index (χ0v) is 22.8. The van der Waals surface area contributed by atoms with Crippen molar-refractivity contribution >= 4 is 46.5 Å². The molecule has 0 bridgehead atoms. The fraction of sp³-hybridized carbons (Fsp3) is 1.00. The molecule has 10 heteroatoms. The van der Waals surface area contributed by atoms with Crippen molar-refractivity contribution in [1.29, 1.82) is 0 Å². The lowest BCUT2D eigenvalue weighted by Crippen LogP contribution is -2.26. The Bertz CT molecular complexity index is 385. The zero-order chi connectivity index (χ0) is 24.3. The van der Waals surface area contributed by atoms with Gasteiger partial charge >= 0.3 is 8.60 Å². The first-order chi connectivity index (χ1) is 14.0. The van der Waals surface area contributed by atoms with E-state index in [1.54, 1.807) is 0 Å². The van der Waals surface area contributed by atoms with Gasteiger partial charge in [-0.15, -0.1) is 37.9 Å². The van der Waals surface area contributed by atoms with Crippen molar-refractivity contribution in [2.75, 3.05) is 0 Å². The first-order valence-electron chi connectivity index (χ1n) is 11.2. The fourth-order valence-electron chi connectivity index (χ4n) is 3.67. The molecule has 0 spiro atoms. The minimum atomic E-state index is -2.62. The number of hydrogen-bond acceptors (Lipinski definition) is 9. The molecule has 188 valence electrons. The molecule has 3 rings (SSSR count). The molecule has 0 aromatic carbocycles. The molecule has 0 heterocycles. The van der Waals surface area contributed by atoms with Crippen LogP contribution in [0.2, 0.25) is 0 Å². The Morgan fingerprint density at radius 1 is 0.516 bits per heavy atom. The van der Waals surface area contributed by atoms with Crippen LogP contribution in [0.5, 0.6) is 0 Å². The molecule has 0 aliphatic heterocycles. The maximum atomic E-state index is 9.36. The van der Waals surface area contributed by atoms with Crippen LogP contribution in [0.3, 0.4) is 0 Å². The summed E-state index contributed by atoms with van der Waals surface area (Å²) in [6.45, 7) is 6.68. The second kappa shape index (κ2) is 15.3. The molecule has 3 aliphatic rings. The van der Waals surface area contributed by atoms with Gasteiger partial charge in [0.2, 0.25) is 0 Å². The van der Waals surface area contributed by atoms with Gasteiger partial charge in [0, 0.05) is 0 Å². The van der Waals surface area contributed by atoms with Gasteiger partial charge in [0.25, 0.3) is 0 Å². The van der Waals surface area contributed by atoms with Gasteiger partial charge in [-0.25, -0.2) is 0 Å². The third kappa shape index (κ3) is 19.3. The molecule has 3 aliphatic carbocycles. The normalized spacial score (nSPS) is 40.4. The quantitative estimate of drug-likeness (QED) is 0.130. The van der Waals surface area contributed by atoms with Crippen LogP contribution >= 0.6 is 46.5 Å². The SMILES string of the molecule is CC1CCC(O)(S)CC1.CC1CCC(O)(S)CC1.CC1CCC(O)(S)CC1.OP(O)O. The molecule has 3 saturated carbocycles. The molecule has 0 amide bonds. The summed E-state index contributed by atoms with van der Waals surface area (Å²) in [6.07, 6.45) is 11.9. The van der Waals surface area contributed by atoms with E-state index in [-0.39, 0.29) is 0 Å². The van der Waals surface area contributed by atoms with Crippen LogP contribution in [-0.4, -0.2) is 44.8 Å². The standard InChI is InChI=1S/3C7H14OS.H3O3P/c3*1-6-2-4-7(8,9)5-3-6;1-4(2)3/h3*6,8-9H,2-5H2,1H3;1-3H. The summed E-state index contributed by atoms with van der Waals surface area (Å²) in [6, 6.07) is 0. The van der Waals surface area contributed by atoms with E-state index in [1.807, 2.05) is 0 Å². The van der Waals surface area contributed by atoms with Crippen molar-refractivity contribution in [3.05, 3.63) is 0 Å². The van der Waals surface area contributed by atoms with E-state index in [2.05, 4.69) is 58.7 Å². The molecule has 6 N–H and O–H groups in total. The van der Waals surface area contributed by atoms with Crippen LogP contribution in [-0.2, 0) is 0 Å². The monoisotopic (exact) mass is 520 g/mol. The van der Waals surface area contributed by atoms with Crippen molar-refractivity contribution in [3.8, 4) is 0 Å². The maximum absolute atomic E-state index is 9.36. The molecule has 0 radical (unpaired) electrons. The Morgan fingerprint density at radius 3 is 0.742 bits per heavy atom. The number of rotatable bonds is 0. The number of thiol groups is 3. The van der Waals surface area contributed by atoms with E-state index in [0.29, 0.717) is 0 Å². The third-order valence-electron chi connectivity index (χ3n) is 6.23. The average Bonchev–Trinajstić information content (AvgIpc) is 2.64.